The number of carbonyl (C=O) groups excluding carboxylic acids is 1. The van der Waals surface area contributed by atoms with E-state index in [0.29, 0.717) is 35.3 Å². The van der Waals surface area contributed by atoms with Crippen LogP contribution in [0.3, 0.4) is 0 Å². The van der Waals surface area contributed by atoms with Gasteiger partial charge in [0.2, 0.25) is 11.7 Å². The number of halogens is 1. The van der Waals surface area contributed by atoms with Gasteiger partial charge in [0, 0.05) is 24.1 Å². The minimum atomic E-state index is -0.112. The number of aryl methyl sites for hydroxylation is 1. The van der Waals surface area contributed by atoms with Gasteiger partial charge in [0.05, 0.1) is 5.02 Å². The average Bonchev–Trinajstić information content (AvgIpc) is 3.04. The molecule has 0 aliphatic rings. The molecular weight excluding hydrogens is 326 g/mol. The van der Waals surface area contributed by atoms with E-state index < -0.39 is 0 Å². The summed E-state index contributed by atoms with van der Waals surface area (Å²) < 4.78 is 5.21. The van der Waals surface area contributed by atoms with E-state index in [1.165, 1.54) is 0 Å². The standard InChI is InChI=1S/C18H16ClN3O2/c1-12-6-2-3-7-13(12)18(23)20-11-10-16-21-17(22-24-16)14-8-4-5-9-15(14)19/h2-9H,10-11H2,1H3,(H,20,23). The summed E-state index contributed by atoms with van der Waals surface area (Å²) in [7, 11) is 0. The molecule has 0 fully saturated rings. The lowest BCUT2D eigenvalue weighted by Crippen LogP contribution is -2.26. The highest BCUT2D eigenvalue weighted by Gasteiger charge is 2.12. The number of amides is 1. The number of carbonyl (C=O) groups is 1. The molecule has 1 amide bonds. The maximum absolute atomic E-state index is 12.1. The number of aromatic nitrogens is 2. The molecule has 3 aromatic rings. The van der Waals surface area contributed by atoms with Gasteiger partial charge in [0.1, 0.15) is 0 Å². The zero-order chi connectivity index (χ0) is 16.9. The number of nitrogens with one attached hydrogen (secondary N) is 1. The van der Waals surface area contributed by atoms with E-state index in [4.69, 9.17) is 16.1 Å². The smallest absolute Gasteiger partial charge is 0.251 e. The van der Waals surface area contributed by atoms with Gasteiger partial charge < -0.3 is 9.84 Å². The Kier molecular flexibility index (Phi) is 4.91. The average molecular weight is 342 g/mol. The van der Waals surface area contributed by atoms with Crippen molar-refractivity contribution in [2.24, 2.45) is 0 Å². The fourth-order valence-corrected chi connectivity index (χ4v) is 2.53. The van der Waals surface area contributed by atoms with Gasteiger partial charge in [-0.05, 0) is 30.7 Å². The number of hydrogen-bond donors (Lipinski definition) is 1. The minimum absolute atomic E-state index is 0.112. The van der Waals surface area contributed by atoms with Crippen LogP contribution in [-0.2, 0) is 6.42 Å². The lowest BCUT2D eigenvalue weighted by molar-refractivity contribution is 0.0953. The Morgan fingerprint density at radius 2 is 1.92 bits per heavy atom. The van der Waals surface area contributed by atoms with E-state index in [1.807, 2.05) is 43.3 Å². The van der Waals surface area contributed by atoms with Crippen LogP contribution < -0.4 is 5.32 Å². The Bertz CT molecular complexity index is 861. The zero-order valence-electron chi connectivity index (χ0n) is 13.1. The topological polar surface area (TPSA) is 68.0 Å². The highest BCUT2D eigenvalue weighted by atomic mass is 35.5. The molecular formula is C18H16ClN3O2. The maximum Gasteiger partial charge on any atom is 0.251 e. The summed E-state index contributed by atoms with van der Waals surface area (Å²) in [5.41, 5.74) is 2.33. The Hall–Kier alpha value is -2.66. The van der Waals surface area contributed by atoms with Crippen molar-refractivity contribution in [3.05, 3.63) is 70.6 Å². The Balaban J connectivity index is 1.59. The van der Waals surface area contributed by atoms with Crippen LogP contribution >= 0.6 is 11.6 Å². The molecule has 1 heterocycles. The highest BCUT2D eigenvalue weighted by Crippen LogP contribution is 2.24. The molecule has 0 aliphatic carbocycles. The molecule has 0 aliphatic heterocycles. The molecule has 24 heavy (non-hydrogen) atoms. The van der Waals surface area contributed by atoms with Crippen molar-refractivity contribution in [1.29, 1.82) is 0 Å². The Morgan fingerprint density at radius 3 is 2.71 bits per heavy atom. The maximum atomic E-state index is 12.1. The fourth-order valence-electron chi connectivity index (χ4n) is 2.31. The van der Waals surface area contributed by atoms with Gasteiger partial charge in [-0.1, -0.05) is 47.1 Å². The summed E-state index contributed by atoms with van der Waals surface area (Å²) in [6, 6.07) is 14.8. The largest absolute Gasteiger partial charge is 0.352 e. The molecule has 122 valence electrons. The zero-order valence-corrected chi connectivity index (χ0v) is 13.9. The van der Waals surface area contributed by atoms with E-state index in [1.54, 1.807) is 12.1 Å². The highest BCUT2D eigenvalue weighted by molar-refractivity contribution is 6.33. The van der Waals surface area contributed by atoms with Crippen LogP contribution in [0, 0.1) is 6.92 Å². The first-order valence-electron chi connectivity index (χ1n) is 7.56. The molecule has 6 heteroatoms. The van der Waals surface area contributed by atoms with Gasteiger partial charge in [-0.2, -0.15) is 4.98 Å². The van der Waals surface area contributed by atoms with Crippen molar-refractivity contribution in [2.75, 3.05) is 6.54 Å². The van der Waals surface area contributed by atoms with E-state index >= 15 is 0 Å². The first-order valence-corrected chi connectivity index (χ1v) is 7.94. The lowest BCUT2D eigenvalue weighted by Gasteiger charge is -2.05. The van der Waals surface area contributed by atoms with Gasteiger partial charge in [-0.15, -0.1) is 0 Å². The molecule has 0 saturated carbocycles. The van der Waals surface area contributed by atoms with E-state index in [0.717, 1.165) is 11.1 Å². The summed E-state index contributed by atoms with van der Waals surface area (Å²) in [5, 5.41) is 7.36. The Labute approximate surface area is 144 Å². The first kappa shape index (κ1) is 16.2. The summed E-state index contributed by atoms with van der Waals surface area (Å²) in [6.45, 7) is 2.32. The second kappa shape index (κ2) is 7.27. The van der Waals surface area contributed by atoms with Crippen molar-refractivity contribution >= 4 is 17.5 Å². The van der Waals surface area contributed by atoms with Crippen LogP contribution in [0.2, 0.25) is 5.02 Å². The van der Waals surface area contributed by atoms with Crippen LogP contribution in [0.15, 0.2) is 53.1 Å². The van der Waals surface area contributed by atoms with Gasteiger partial charge in [-0.3, -0.25) is 4.79 Å². The first-order chi connectivity index (χ1) is 11.6. The third-order valence-electron chi connectivity index (χ3n) is 3.60. The van der Waals surface area contributed by atoms with Gasteiger partial charge in [0.15, 0.2) is 0 Å². The van der Waals surface area contributed by atoms with Crippen LogP contribution in [0.5, 0.6) is 0 Å². The van der Waals surface area contributed by atoms with Crippen LogP contribution in [0.4, 0.5) is 0 Å². The summed E-state index contributed by atoms with van der Waals surface area (Å²) >= 11 is 6.12. The normalized spacial score (nSPS) is 10.6. The van der Waals surface area contributed by atoms with Crippen LogP contribution in [0.1, 0.15) is 21.8 Å². The van der Waals surface area contributed by atoms with Gasteiger partial charge in [0.25, 0.3) is 5.91 Å². The van der Waals surface area contributed by atoms with Gasteiger partial charge in [-0.25, -0.2) is 0 Å². The Morgan fingerprint density at radius 1 is 1.17 bits per heavy atom. The minimum Gasteiger partial charge on any atom is -0.352 e. The molecule has 0 spiro atoms. The van der Waals surface area contributed by atoms with Crippen molar-refractivity contribution in [2.45, 2.75) is 13.3 Å². The molecule has 0 unspecified atom stereocenters. The third-order valence-corrected chi connectivity index (χ3v) is 3.93. The summed E-state index contributed by atoms with van der Waals surface area (Å²) in [4.78, 5) is 16.4. The summed E-state index contributed by atoms with van der Waals surface area (Å²) in [6.07, 6.45) is 0.453. The monoisotopic (exact) mass is 341 g/mol. The number of nitrogens with zero attached hydrogens (tertiary/aromatic N) is 2. The van der Waals surface area contributed by atoms with Gasteiger partial charge >= 0.3 is 0 Å². The predicted molar refractivity (Wildman–Crippen MR) is 92.0 cm³/mol. The van der Waals surface area contributed by atoms with Crippen molar-refractivity contribution in [3.63, 3.8) is 0 Å². The molecule has 0 saturated heterocycles. The molecule has 0 bridgehead atoms. The van der Waals surface area contributed by atoms with E-state index in [9.17, 15) is 4.79 Å². The predicted octanol–water partition coefficient (Wildman–Crippen LogP) is 3.67. The summed E-state index contributed by atoms with van der Waals surface area (Å²) in [5.74, 6) is 0.787. The SMILES string of the molecule is Cc1ccccc1C(=O)NCCc1nc(-c2ccccc2Cl)no1. The number of rotatable bonds is 5. The second-order valence-corrected chi connectivity index (χ2v) is 5.72. The lowest BCUT2D eigenvalue weighted by atomic mass is 10.1. The molecule has 3 rings (SSSR count). The van der Waals surface area contributed by atoms with E-state index in [-0.39, 0.29) is 5.91 Å². The molecule has 1 aromatic heterocycles. The number of benzene rings is 2. The molecule has 1 N–H and O–H groups in total. The van der Waals surface area contributed by atoms with Crippen molar-refractivity contribution in [1.82, 2.24) is 15.5 Å². The van der Waals surface area contributed by atoms with Crippen molar-refractivity contribution < 1.29 is 9.32 Å². The second-order valence-electron chi connectivity index (χ2n) is 5.31. The molecule has 5 nitrogen and oxygen atoms in total. The van der Waals surface area contributed by atoms with Crippen molar-refractivity contribution in [3.8, 4) is 11.4 Å². The molecule has 0 radical (unpaired) electrons. The van der Waals surface area contributed by atoms with Crippen LogP contribution in [-0.4, -0.2) is 22.6 Å². The fraction of sp³-hybridized carbons (Fsp3) is 0.167. The molecule has 0 atom stereocenters. The quantitative estimate of drug-likeness (QED) is 0.768. The third kappa shape index (κ3) is 3.63. The van der Waals surface area contributed by atoms with E-state index in [2.05, 4.69) is 15.5 Å². The molecule has 2 aromatic carbocycles. The van der Waals surface area contributed by atoms with Crippen LogP contribution in [0.25, 0.3) is 11.4 Å². The number of hydrogen-bond acceptors (Lipinski definition) is 4.